The molecule has 2 amide bonds. The molecule has 1 aliphatic heterocycles. The summed E-state index contributed by atoms with van der Waals surface area (Å²) in [5.41, 5.74) is 1.67. The summed E-state index contributed by atoms with van der Waals surface area (Å²) in [6.45, 7) is 2.88. The third kappa shape index (κ3) is 4.12. The standard InChI is InChI=1S/C24H23N3O4/c1-24(2)23(30)26-19-9-5-6-10-20(19)27(24)21(28)15-31-22(29)14-13-17-12-11-16-7-3-4-8-18(16)25-17/h3-12H,13-15H2,1-2H3,(H,26,30). The number of anilines is 2. The number of hydrogen-bond donors (Lipinski definition) is 1. The monoisotopic (exact) mass is 417 g/mol. The van der Waals surface area contributed by atoms with Crippen LogP contribution in [0, 0.1) is 0 Å². The zero-order valence-electron chi connectivity index (χ0n) is 17.4. The maximum Gasteiger partial charge on any atom is 0.306 e. The second kappa shape index (κ2) is 8.18. The van der Waals surface area contributed by atoms with Gasteiger partial charge in [-0.3, -0.25) is 24.3 Å². The summed E-state index contributed by atoms with van der Waals surface area (Å²) in [5, 5.41) is 3.84. The molecule has 0 fully saturated rings. The predicted octanol–water partition coefficient (Wildman–Crippen LogP) is 3.47. The van der Waals surface area contributed by atoms with Gasteiger partial charge in [-0.05, 0) is 38.1 Å². The van der Waals surface area contributed by atoms with Gasteiger partial charge in [0.2, 0.25) is 5.91 Å². The molecule has 31 heavy (non-hydrogen) atoms. The lowest BCUT2D eigenvalue weighted by atomic mass is 9.96. The summed E-state index contributed by atoms with van der Waals surface area (Å²) in [4.78, 5) is 43.5. The van der Waals surface area contributed by atoms with E-state index < -0.39 is 24.0 Å². The Labute approximate surface area is 180 Å². The number of esters is 1. The molecule has 4 rings (SSSR count). The van der Waals surface area contributed by atoms with Crippen LogP contribution in [0.4, 0.5) is 11.4 Å². The normalized spacial score (nSPS) is 14.6. The van der Waals surface area contributed by atoms with Gasteiger partial charge in [0.25, 0.3) is 5.91 Å². The minimum Gasteiger partial charge on any atom is -0.456 e. The fourth-order valence-corrected chi connectivity index (χ4v) is 3.65. The van der Waals surface area contributed by atoms with Crippen molar-refractivity contribution >= 4 is 40.1 Å². The van der Waals surface area contributed by atoms with E-state index in [0.29, 0.717) is 17.8 Å². The van der Waals surface area contributed by atoms with Crippen LogP contribution in [0.5, 0.6) is 0 Å². The Kier molecular flexibility index (Phi) is 5.42. The minimum atomic E-state index is -1.10. The molecule has 7 nitrogen and oxygen atoms in total. The number of hydrogen-bond acceptors (Lipinski definition) is 5. The molecule has 0 saturated carbocycles. The average Bonchev–Trinajstić information content (AvgIpc) is 2.76. The van der Waals surface area contributed by atoms with Crippen LogP contribution in [0.25, 0.3) is 10.9 Å². The minimum absolute atomic E-state index is 0.110. The van der Waals surface area contributed by atoms with E-state index in [1.807, 2.05) is 36.4 Å². The quantitative estimate of drug-likeness (QED) is 0.642. The van der Waals surface area contributed by atoms with Gasteiger partial charge in [-0.25, -0.2) is 0 Å². The van der Waals surface area contributed by atoms with Crippen LogP contribution in [0.1, 0.15) is 26.0 Å². The molecule has 1 N–H and O–H groups in total. The zero-order valence-corrected chi connectivity index (χ0v) is 17.4. The van der Waals surface area contributed by atoms with Gasteiger partial charge in [0, 0.05) is 17.5 Å². The number of carbonyl (C=O) groups excluding carboxylic acids is 3. The van der Waals surface area contributed by atoms with Crippen molar-refractivity contribution in [2.24, 2.45) is 0 Å². The molecule has 2 aromatic carbocycles. The van der Waals surface area contributed by atoms with Crippen LogP contribution in [0.3, 0.4) is 0 Å². The number of ether oxygens (including phenoxy) is 1. The Hall–Kier alpha value is -3.74. The maximum atomic E-state index is 12.9. The van der Waals surface area contributed by atoms with Crippen molar-refractivity contribution < 1.29 is 19.1 Å². The van der Waals surface area contributed by atoms with Crippen molar-refractivity contribution in [2.45, 2.75) is 32.2 Å². The lowest BCUT2D eigenvalue weighted by molar-refractivity contribution is -0.148. The van der Waals surface area contributed by atoms with Gasteiger partial charge in [-0.1, -0.05) is 36.4 Å². The first-order chi connectivity index (χ1) is 14.9. The van der Waals surface area contributed by atoms with E-state index in [1.54, 1.807) is 38.1 Å². The van der Waals surface area contributed by atoms with Crippen LogP contribution >= 0.6 is 0 Å². The molecule has 158 valence electrons. The highest BCUT2D eigenvalue weighted by atomic mass is 16.5. The highest BCUT2D eigenvalue weighted by Crippen LogP contribution is 2.36. The smallest absolute Gasteiger partial charge is 0.306 e. The second-order valence-electron chi connectivity index (χ2n) is 7.92. The van der Waals surface area contributed by atoms with Crippen molar-refractivity contribution in [3.63, 3.8) is 0 Å². The summed E-state index contributed by atoms with van der Waals surface area (Å²) in [5.74, 6) is -1.24. The molecule has 0 bridgehead atoms. The number of para-hydroxylation sites is 3. The molecule has 0 atom stereocenters. The van der Waals surface area contributed by atoms with Crippen molar-refractivity contribution in [1.82, 2.24) is 4.98 Å². The van der Waals surface area contributed by atoms with Crippen molar-refractivity contribution in [2.75, 3.05) is 16.8 Å². The van der Waals surface area contributed by atoms with Gasteiger partial charge >= 0.3 is 5.97 Å². The summed E-state index contributed by atoms with van der Waals surface area (Å²) < 4.78 is 5.22. The molecule has 0 spiro atoms. The molecule has 0 unspecified atom stereocenters. The van der Waals surface area contributed by atoms with Crippen LogP contribution in [0.15, 0.2) is 60.7 Å². The first-order valence-corrected chi connectivity index (χ1v) is 10.1. The zero-order chi connectivity index (χ0) is 22.0. The number of nitrogens with one attached hydrogen (secondary N) is 1. The molecule has 2 heterocycles. The van der Waals surface area contributed by atoms with Crippen molar-refractivity contribution in [3.05, 3.63) is 66.4 Å². The number of benzene rings is 2. The Morgan fingerprint density at radius 2 is 1.77 bits per heavy atom. The highest BCUT2D eigenvalue weighted by molar-refractivity contribution is 6.14. The number of pyridine rings is 1. The SMILES string of the molecule is CC1(C)C(=O)Nc2ccccc2N1C(=O)COC(=O)CCc1ccc2ccccc2n1. The van der Waals surface area contributed by atoms with Crippen LogP contribution in [-0.4, -0.2) is 34.9 Å². The molecule has 0 radical (unpaired) electrons. The molecular formula is C24H23N3O4. The summed E-state index contributed by atoms with van der Waals surface area (Å²) >= 11 is 0. The van der Waals surface area contributed by atoms with Crippen molar-refractivity contribution in [3.8, 4) is 0 Å². The lowest BCUT2D eigenvalue weighted by Gasteiger charge is -2.41. The van der Waals surface area contributed by atoms with E-state index in [9.17, 15) is 14.4 Å². The Morgan fingerprint density at radius 1 is 1.03 bits per heavy atom. The first-order valence-electron chi connectivity index (χ1n) is 10.1. The Morgan fingerprint density at radius 3 is 2.61 bits per heavy atom. The number of aromatic nitrogens is 1. The first kappa shape index (κ1) is 20.5. The average molecular weight is 417 g/mol. The molecular weight excluding hydrogens is 394 g/mol. The highest BCUT2D eigenvalue weighted by Gasteiger charge is 2.43. The van der Waals surface area contributed by atoms with Gasteiger partial charge in [0.1, 0.15) is 5.54 Å². The third-order valence-corrected chi connectivity index (χ3v) is 5.36. The molecule has 1 aliphatic rings. The van der Waals surface area contributed by atoms with E-state index in [4.69, 9.17) is 4.74 Å². The predicted molar refractivity (Wildman–Crippen MR) is 118 cm³/mol. The topological polar surface area (TPSA) is 88.6 Å². The Balaban J connectivity index is 1.38. The van der Waals surface area contributed by atoms with Crippen LogP contribution < -0.4 is 10.2 Å². The molecule has 7 heteroatoms. The van der Waals surface area contributed by atoms with Crippen LogP contribution in [0.2, 0.25) is 0 Å². The van der Waals surface area contributed by atoms with Gasteiger partial charge in [0.05, 0.1) is 23.3 Å². The fourth-order valence-electron chi connectivity index (χ4n) is 3.65. The second-order valence-corrected chi connectivity index (χ2v) is 7.92. The van der Waals surface area contributed by atoms with Crippen molar-refractivity contribution in [1.29, 1.82) is 0 Å². The fraction of sp³-hybridized carbons (Fsp3) is 0.250. The largest absolute Gasteiger partial charge is 0.456 e. The third-order valence-electron chi connectivity index (χ3n) is 5.36. The number of aryl methyl sites for hydroxylation is 1. The maximum absolute atomic E-state index is 12.9. The number of carbonyl (C=O) groups is 3. The van der Waals surface area contributed by atoms with E-state index in [1.165, 1.54) is 4.90 Å². The molecule has 0 aliphatic carbocycles. The number of rotatable bonds is 5. The summed E-state index contributed by atoms with van der Waals surface area (Å²) in [6.07, 6.45) is 0.525. The van der Waals surface area contributed by atoms with E-state index >= 15 is 0 Å². The van der Waals surface area contributed by atoms with Gasteiger partial charge in [-0.15, -0.1) is 0 Å². The van der Waals surface area contributed by atoms with E-state index in [0.717, 1.165) is 16.6 Å². The van der Waals surface area contributed by atoms with E-state index in [-0.39, 0.29) is 12.3 Å². The number of amides is 2. The Bertz CT molecular complexity index is 1170. The molecule has 0 saturated heterocycles. The number of nitrogens with zero attached hydrogens (tertiary/aromatic N) is 2. The lowest BCUT2D eigenvalue weighted by Crippen LogP contribution is -2.59. The van der Waals surface area contributed by atoms with Crippen LogP contribution in [-0.2, 0) is 25.5 Å². The number of fused-ring (bicyclic) bond motifs is 2. The molecule has 1 aromatic heterocycles. The summed E-state index contributed by atoms with van der Waals surface area (Å²) in [6, 6.07) is 18.7. The van der Waals surface area contributed by atoms with Gasteiger partial charge < -0.3 is 10.1 Å². The van der Waals surface area contributed by atoms with Gasteiger partial charge in [0.15, 0.2) is 6.61 Å². The van der Waals surface area contributed by atoms with E-state index in [2.05, 4.69) is 10.3 Å². The summed E-state index contributed by atoms with van der Waals surface area (Å²) in [7, 11) is 0. The van der Waals surface area contributed by atoms with Gasteiger partial charge in [-0.2, -0.15) is 0 Å². The molecule has 3 aromatic rings.